The summed E-state index contributed by atoms with van der Waals surface area (Å²) in [5.41, 5.74) is 0.666. The van der Waals surface area contributed by atoms with Crippen LogP contribution in [0.5, 0.6) is 5.75 Å². The maximum Gasteiger partial charge on any atom is 0.163 e. The molecule has 0 aliphatic carbocycles. The van der Waals surface area contributed by atoms with Crippen LogP contribution in [0.4, 0.5) is 0 Å². The normalized spacial score (nSPS) is 9.86. The van der Waals surface area contributed by atoms with E-state index in [0.717, 1.165) is 0 Å². The van der Waals surface area contributed by atoms with Crippen LogP contribution in [0, 0.1) is 0 Å². The third-order valence-electron chi connectivity index (χ3n) is 2.02. The molecule has 0 saturated carbocycles. The van der Waals surface area contributed by atoms with Gasteiger partial charge in [-0.2, -0.15) is 0 Å². The van der Waals surface area contributed by atoms with Gasteiger partial charge in [0.05, 0.1) is 5.56 Å². The Morgan fingerprint density at radius 3 is 2.50 bits per heavy atom. The van der Waals surface area contributed by atoms with Crippen LogP contribution in [-0.4, -0.2) is 16.7 Å². The van der Waals surface area contributed by atoms with E-state index in [4.69, 9.17) is 0 Å². The molecule has 1 aromatic carbocycles. The van der Waals surface area contributed by atoms with Crippen LogP contribution in [0.2, 0.25) is 0 Å². The van der Waals surface area contributed by atoms with Crippen LogP contribution in [0.3, 0.4) is 0 Å². The number of hydrogen-bond donors (Lipinski definition) is 1. The second kappa shape index (κ2) is 4.05. The molecule has 1 N–H and O–H groups in total. The fourth-order valence-corrected chi connectivity index (χ4v) is 1.20. The highest BCUT2D eigenvalue weighted by Gasteiger charge is 2.10. The quantitative estimate of drug-likeness (QED) is 0.747. The Kier molecular flexibility index (Phi) is 3.02. The summed E-state index contributed by atoms with van der Waals surface area (Å²) in [6, 6.07) is 4.33. The van der Waals surface area contributed by atoms with Crippen molar-refractivity contribution in [3.8, 4) is 5.75 Å². The smallest absolute Gasteiger partial charge is 0.163 e. The fourth-order valence-electron chi connectivity index (χ4n) is 1.20. The summed E-state index contributed by atoms with van der Waals surface area (Å²) in [6.07, 6.45) is 0.391. The van der Waals surface area contributed by atoms with Gasteiger partial charge in [0.25, 0.3) is 0 Å². The van der Waals surface area contributed by atoms with Gasteiger partial charge in [-0.1, -0.05) is 6.92 Å². The fraction of sp³-hybridized carbons (Fsp3) is 0.273. The van der Waals surface area contributed by atoms with Gasteiger partial charge < -0.3 is 5.11 Å². The topological polar surface area (TPSA) is 54.4 Å². The van der Waals surface area contributed by atoms with E-state index >= 15 is 0 Å². The highest BCUT2D eigenvalue weighted by molar-refractivity contribution is 6.02. The van der Waals surface area contributed by atoms with Gasteiger partial charge in [0.15, 0.2) is 11.6 Å². The number of hydrogen-bond acceptors (Lipinski definition) is 3. The zero-order valence-corrected chi connectivity index (χ0v) is 8.20. The van der Waals surface area contributed by atoms with Crippen molar-refractivity contribution in [1.82, 2.24) is 0 Å². The van der Waals surface area contributed by atoms with Gasteiger partial charge in [-0.15, -0.1) is 0 Å². The highest BCUT2D eigenvalue weighted by Crippen LogP contribution is 2.19. The lowest BCUT2D eigenvalue weighted by Crippen LogP contribution is -2.00. The molecule has 0 saturated heterocycles. The Bertz CT molecular complexity index is 380. The number of ketones is 2. The van der Waals surface area contributed by atoms with Gasteiger partial charge in [-0.05, 0) is 25.1 Å². The lowest BCUT2D eigenvalue weighted by molar-refractivity contribution is 0.0988. The Labute approximate surface area is 82.4 Å². The average molecular weight is 192 g/mol. The molecule has 0 spiro atoms. The molecule has 0 atom stereocenters. The molecule has 0 fully saturated rings. The molecular weight excluding hydrogens is 180 g/mol. The molecule has 0 amide bonds. The number of aromatic hydroxyl groups is 1. The van der Waals surface area contributed by atoms with Gasteiger partial charge in [0, 0.05) is 12.0 Å². The summed E-state index contributed by atoms with van der Waals surface area (Å²) >= 11 is 0. The van der Waals surface area contributed by atoms with Crippen LogP contribution < -0.4 is 0 Å². The zero-order chi connectivity index (χ0) is 10.7. The Morgan fingerprint density at radius 1 is 1.36 bits per heavy atom. The van der Waals surface area contributed by atoms with E-state index in [2.05, 4.69) is 0 Å². The summed E-state index contributed by atoms with van der Waals surface area (Å²) in [5, 5.41) is 9.33. The summed E-state index contributed by atoms with van der Waals surface area (Å²) < 4.78 is 0. The number of rotatable bonds is 3. The van der Waals surface area contributed by atoms with E-state index in [1.54, 1.807) is 6.92 Å². The van der Waals surface area contributed by atoms with Gasteiger partial charge in [-0.25, -0.2) is 0 Å². The minimum atomic E-state index is -0.242. The van der Waals surface area contributed by atoms with Crippen molar-refractivity contribution in [3.63, 3.8) is 0 Å². The van der Waals surface area contributed by atoms with Crippen molar-refractivity contribution in [2.75, 3.05) is 0 Å². The number of Topliss-reactive ketones (excluding diaryl/α,β-unsaturated/α-hetero) is 2. The maximum absolute atomic E-state index is 11.3. The van der Waals surface area contributed by atoms with Gasteiger partial charge >= 0.3 is 0 Å². The minimum absolute atomic E-state index is 0.0347. The van der Waals surface area contributed by atoms with E-state index < -0.39 is 0 Å². The second-order valence-corrected chi connectivity index (χ2v) is 3.06. The van der Waals surface area contributed by atoms with Crippen LogP contribution in [-0.2, 0) is 0 Å². The Morgan fingerprint density at radius 2 is 2.00 bits per heavy atom. The summed E-state index contributed by atoms with van der Waals surface area (Å²) in [4.78, 5) is 22.4. The number of carbonyl (C=O) groups excluding carboxylic acids is 2. The molecule has 0 heterocycles. The molecule has 0 aromatic heterocycles. The zero-order valence-electron chi connectivity index (χ0n) is 8.20. The molecule has 14 heavy (non-hydrogen) atoms. The number of phenols is 1. The van der Waals surface area contributed by atoms with Crippen molar-refractivity contribution in [1.29, 1.82) is 0 Å². The summed E-state index contributed by atoms with van der Waals surface area (Å²) in [7, 11) is 0. The van der Waals surface area contributed by atoms with E-state index in [-0.39, 0.29) is 22.9 Å². The number of phenolic OH excluding ortho intramolecular Hbond substituents is 1. The first-order chi connectivity index (χ1) is 6.56. The maximum atomic E-state index is 11.3. The first kappa shape index (κ1) is 10.4. The predicted molar refractivity (Wildman–Crippen MR) is 52.7 cm³/mol. The van der Waals surface area contributed by atoms with Crippen LogP contribution in [0.25, 0.3) is 0 Å². The van der Waals surface area contributed by atoms with Crippen molar-refractivity contribution in [3.05, 3.63) is 29.3 Å². The van der Waals surface area contributed by atoms with E-state index in [1.807, 2.05) is 0 Å². The third kappa shape index (κ3) is 1.99. The van der Waals surface area contributed by atoms with Gasteiger partial charge in [0.1, 0.15) is 5.75 Å². The molecule has 1 rings (SSSR count). The minimum Gasteiger partial charge on any atom is -0.507 e. The Hall–Kier alpha value is -1.64. The molecule has 3 heteroatoms. The highest BCUT2D eigenvalue weighted by atomic mass is 16.3. The third-order valence-corrected chi connectivity index (χ3v) is 2.02. The standard InChI is InChI=1S/C11H12O3/c1-3-10(13)8-4-5-11(14)9(6-8)7(2)12/h4-6,14H,3H2,1-2H3. The SMILES string of the molecule is CCC(=O)c1ccc(O)c(C(C)=O)c1. The largest absolute Gasteiger partial charge is 0.507 e. The van der Waals surface area contributed by atoms with E-state index in [9.17, 15) is 14.7 Å². The molecule has 0 aliphatic rings. The van der Waals surface area contributed by atoms with E-state index in [0.29, 0.717) is 12.0 Å². The van der Waals surface area contributed by atoms with E-state index in [1.165, 1.54) is 25.1 Å². The molecule has 3 nitrogen and oxygen atoms in total. The first-order valence-corrected chi connectivity index (χ1v) is 4.43. The van der Waals surface area contributed by atoms with Crippen molar-refractivity contribution < 1.29 is 14.7 Å². The van der Waals surface area contributed by atoms with Gasteiger partial charge in [-0.3, -0.25) is 9.59 Å². The number of benzene rings is 1. The molecule has 0 unspecified atom stereocenters. The van der Waals surface area contributed by atoms with Crippen molar-refractivity contribution >= 4 is 11.6 Å². The number of carbonyl (C=O) groups is 2. The van der Waals surface area contributed by atoms with Crippen molar-refractivity contribution in [2.24, 2.45) is 0 Å². The first-order valence-electron chi connectivity index (χ1n) is 4.43. The van der Waals surface area contributed by atoms with Crippen LogP contribution in [0.1, 0.15) is 41.0 Å². The monoisotopic (exact) mass is 192 g/mol. The molecule has 0 radical (unpaired) electrons. The Balaban J connectivity index is 3.19. The molecule has 74 valence electrons. The van der Waals surface area contributed by atoms with Gasteiger partial charge in [0.2, 0.25) is 0 Å². The molecule has 0 aliphatic heterocycles. The summed E-state index contributed by atoms with van der Waals surface area (Å²) in [5.74, 6) is -0.356. The molecule has 1 aromatic rings. The van der Waals surface area contributed by atoms with Crippen LogP contribution >= 0.6 is 0 Å². The summed E-state index contributed by atoms with van der Waals surface area (Å²) in [6.45, 7) is 3.11. The second-order valence-electron chi connectivity index (χ2n) is 3.06. The molecular formula is C11H12O3. The molecule has 0 bridgehead atoms. The van der Waals surface area contributed by atoms with Crippen LogP contribution in [0.15, 0.2) is 18.2 Å². The predicted octanol–water partition coefficient (Wildman–Crippen LogP) is 2.19. The lowest BCUT2D eigenvalue weighted by Gasteiger charge is -2.03. The average Bonchev–Trinajstić information content (AvgIpc) is 2.17. The lowest BCUT2D eigenvalue weighted by atomic mass is 10.0. The van der Waals surface area contributed by atoms with Crippen molar-refractivity contribution in [2.45, 2.75) is 20.3 Å².